The normalized spacial score (nSPS) is 13.6. The first kappa shape index (κ1) is 36.8. The van der Waals surface area contributed by atoms with Gasteiger partial charge < -0.3 is 30.9 Å². The smallest absolute Gasteiger partial charge is 0.490 e. The number of nitrogen functional groups attached to an aromatic ring is 1. The molecule has 1 atom stereocenters. The molecule has 0 radical (unpaired) electrons. The molecule has 1 fully saturated rings. The third-order valence-corrected chi connectivity index (χ3v) is 9.63. The summed E-state index contributed by atoms with van der Waals surface area (Å²) in [6.45, 7) is 6.24. The lowest BCUT2D eigenvalue weighted by Crippen LogP contribution is -2.33. The van der Waals surface area contributed by atoms with Crippen molar-refractivity contribution in [3.05, 3.63) is 84.1 Å². The molecule has 5 rings (SSSR count). The number of alkyl halides is 3. The average Bonchev–Trinajstić information content (AvgIpc) is 3.90. The van der Waals surface area contributed by atoms with Crippen LogP contribution in [0.5, 0.6) is 11.5 Å². The van der Waals surface area contributed by atoms with Gasteiger partial charge in [0.2, 0.25) is 5.91 Å². The molecule has 1 amide bonds. The second-order valence-corrected chi connectivity index (χ2v) is 13.6. The van der Waals surface area contributed by atoms with Gasteiger partial charge in [-0.15, -0.1) is 0 Å². The Morgan fingerprint density at radius 2 is 1.73 bits per heavy atom. The SMILES string of the molecule is CCOc1cc(C(Nc2ccc3c(N)nccc3c2)C(=O)NCc2ccccc2S(=O)(=O)C2CC2)ccc1OC(C)C.O=C(O)C(F)(F)F. The van der Waals surface area contributed by atoms with E-state index in [1.165, 1.54) is 0 Å². The summed E-state index contributed by atoms with van der Waals surface area (Å²) in [6, 6.07) is 18.9. The van der Waals surface area contributed by atoms with E-state index in [0.29, 0.717) is 53.6 Å². The molecule has 4 aromatic rings. The van der Waals surface area contributed by atoms with E-state index in [-0.39, 0.29) is 28.7 Å². The van der Waals surface area contributed by atoms with Crippen LogP contribution in [0.3, 0.4) is 0 Å². The number of nitrogens with one attached hydrogen (secondary N) is 2. The Morgan fingerprint density at radius 1 is 1.04 bits per heavy atom. The fourth-order valence-corrected chi connectivity index (χ4v) is 6.74. The first-order valence-electron chi connectivity index (χ1n) is 15.4. The maximum Gasteiger partial charge on any atom is 0.490 e. The van der Waals surface area contributed by atoms with Crippen LogP contribution in [0.15, 0.2) is 77.8 Å². The highest BCUT2D eigenvalue weighted by Crippen LogP contribution is 2.36. The van der Waals surface area contributed by atoms with Crippen molar-refractivity contribution in [1.29, 1.82) is 0 Å². The molecule has 0 spiro atoms. The van der Waals surface area contributed by atoms with E-state index < -0.39 is 28.0 Å². The first-order chi connectivity index (χ1) is 23.1. The number of carbonyl (C=O) groups excluding carboxylic acids is 1. The van der Waals surface area contributed by atoms with Gasteiger partial charge in [0.1, 0.15) is 11.9 Å². The second-order valence-electron chi connectivity index (χ2n) is 11.4. The third-order valence-electron chi connectivity index (χ3n) is 7.27. The standard InChI is InChI=1S/C32H36N4O5S.C2HF3O2/c1-4-40-28-18-22(9-14-27(28)41-20(2)3)30(36-24-10-13-26-21(17-24)15-16-34-31(26)33)32(37)35-19-23-7-5-6-8-29(23)42(38,39)25-11-12-25;3-2(4,5)1(6)7/h5-10,13-18,20,25,30,36H,4,11-12,19H2,1-3H3,(H2,33,34)(H,35,37);(H,6,7). The van der Waals surface area contributed by atoms with Gasteiger partial charge >= 0.3 is 12.1 Å². The fraction of sp³-hybridized carbons (Fsp3) is 0.324. The van der Waals surface area contributed by atoms with Gasteiger partial charge in [-0.2, -0.15) is 13.2 Å². The van der Waals surface area contributed by atoms with Crippen molar-refractivity contribution in [1.82, 2.24) is 10.3 Å². The summed E-state index contributed by atoms with van der Waals surface area (Å²) < 4.78 is 69.6. The maximum absolute atomic E-state index is 13.9. The molecular weight excluding hydrogens is 665 g/mol. The number of anilines is 2. The number of aromatic nitrogens is 1. The third kappa shape index (κ3) is 9.53. The van der Waals surface area contributed by atoms with Crippen LogP contribution < -0.4 is 25.8 Å². The van der Waals surface area contributed by atoms with Crippen molar-refractivity contribution in [2.24, 2.45) is 0 Å². The van der Waals surface area contributed by atoms with Crippen molar-refractivity contribution in [2.75, 3.05) is 17.7 Å². The number of rotatable bonds is 12. The zero-order valence-electron chi connectivity index (χ0n) is 27.0. The lowest BCUT2D eigenvalue weighted by molar-refractivity contribution is -0.192. The summed E-state index contributed by atoms with van der Waals surface area (Å²) >= 11 is 0. The van der Waals surface area contributed by atoms with Gasteiger partial charge in [-0.05, 0) is 92.6 Å². The molecule has 5 N–H and O–H groups in total. The summed E-state index contributed by atoms with van der Waals surface area (Å²) in [5.74, 6) is -1.55. The number of carboxylic acids is 1. The first-order valence-corrected chi connectivity index (χ1v) is 16.9. The van der Waals surface area contributed by atoms with Gasteiger partial charge in [0.15, 0.2) is 21.3 Å². The Kier molecular flexibility index (Phi) is 11.6. The van der Waals surface area contributed by atoms with Crippen LogP contribution in [0.1, 0.15) is 50.8 Å². The zero-order chi connectivity index (χ0) is 35.9. The highest BCUT2D eigenvalue weighted by Gasteiger charge is 2.39. The number of carbonyl (C=O) groups is 2. The summed E-state index contributed by atoms with van der Waals surface area (Å²) in [4.78, 5) is 27.2. The number of fused-ring (bicyclic) bond motifs is 1. The topological polar surface area (TPSA) is 170 Å². The van der Waals surface area contributed by atoms with Crippen LogP contribution in [0.4, 0.5) is 24.7 Å². The largest absolute Gasteiger partial charge is 0.490 e. The highest BCUT2D eigenvalue weighted by atomic mass is 32.2. The minimum Gasteiger partial charge on any atom is -0.490 e. The molecular formula is C34H37F3N4O7S. The van der Waals surface area contributed by atoms with Crippen molar-refractivity contribution in [2.45, 2.75) is 68.6 Å². The van der Waals surface area contributed by atoms with E-state index >= 15 is 0 Å². The Hall–Kier alpha value is -5.05. The maximum atomic E-state index is 13.9. The number of benzene rings is 3. The van der Waals surface area contributed by atoms with Crippen LogP contribution in [-0.2, 0) is 26.0 Å². The number of nitrogens with two attached hydrogens (primary N) is 1. The minimum absolute atomic E-state index is 0.0567. The van der Waals surface area contributed by atoms with Gasteiger partial charge in [-0.3, -0.25) is 4.79 Å². The number of nitrogens with zero attached hydrogens (tertiary/aromatic N) is 1. The van der Waals surface area contributed by atoms with Crippen LogP contribution in [0, 0.1) is 0 Å². The number of pyridine rings is 1. The number of amides is 1. The highest BCUT2D eigenvalue weighted by molar-refractivity contribution is 7.92. The number of halogens is 3. The lowest BCUT2D eigenvalue weighted by Gasteiger charge is -2.23. The number of hydrogen-bond acceptors (Lipinski definition) is 9. The molecule has 1 aliphatic rings. The lowest BCUT2D eigenvalue weighted by atomic mass is 10.0. The van der Waals surface area contributed by atoms with Gasteiger partial charge in [-0.25, -0.2) is 18.2 Å². The summed E-state index contributed by atoms with van der Waals surface area (Å²) in [6.07, 6.45) is -2.16. The van der Waals surface area contributed by atoms with Crippen molar-refractivity contribution >= 4 is 44.0 Å². The molecule has 3 aromatic carbocycles. The molecule has 1 aromatic heterocycles. The predicted octanol–water partition coefficient (Wildman–Crippen LogP) is 6.04. The van der Waals surface area contributed by atoms with Crippen LogP contribution in [0.25, 0.3) is 10.8 Å². The Morgan fingerprint density at radius 3 is 2.37 bits per heavy atom. The molecule has 15 heteroatoms. The number of sulfone groups is 1. The summed E-state index contributed by atoms with van der Waals surface area (Å²) in [5, 5.41) is 14.8. The molecule has 1 heterocycles. The Bertz CT molecular complexity index is 1920. The number of ether oxygens (including phenoxy) is 2. The van der Waals surface area contributed by atoms with Gasteiger partial charge in [0.25, 0.3) is 0 Å². The molecule has 0 aliphatic heterocycles. The van der Waals surface area contributed by atoms with E-state index in [1.807, 2.05) is 51.1 Å². The van der Waals surface area contributed by atoms with Crippen molar-refractivity contribution in [3.63, 3.8) is 0 Å². The Labute approximate surface area is 281 Å². The van der Waals surface area contributed by atoms with E-state index in [0.717, 1.165) is 10.8 Å². The monoisotopic (exact) mass is 702 g/mol. The van der Waals surface area contributed by atoms with Crippen molar-refractivity contribution < 1.29 is 45.8 Å². The van der Waals surface area contributed by atoms with E-state index in [1.54, 1.807) is 42.6 Å². The van der Waals surface area contributed by atoms with Gasteiger partial charge in [-0.1, -0.05) is 24.3 Å². The molecule has 1 unspecified atom stereocenters. The van der Waals surface area contributed by atoms with Crippen LogP contribution in [0.2, 0.25) is 0 Å². The minimum atomic E-state index is -5.08. The zero-order valence-corrected chi connectivity index (χ0v) is 27.8. The van der Waals surface area contributed by atoms with Gasteiger partial charge in [0, 0.05) is 23.8 Å². The number of hydrogen-bond donors (Lipinski definition) is 4. The molecule has 1 aliphatic carbocycles. The van der Waals surface area contributed by atoms with E-state index in [4.69, 9.17) is 25.1 Å². The molecule has 262 valence electrons. The number of carboxylic acid groups (broad SMARTS) is 1. The average molecular weight is 703 g/mol. The molecule has 11 nitrogen and oxygen atoms in total. The van der Waals surface area contributed by atoms with E-state index in [9.17, 15) is 26.4 Å². The Balaban J connectivity index is 0.000000698. The quantitative estimate of drug-likeness (QED) is 0.137. The molecule has 0 saturated heterocycles. The summed E-state index contributed by atoms with van der Waals surface area (Å²) in [5.41, 5.74) is 7.95. The molecule has 49 heavy (non-hydrogen) atoms. The second kappa shape index (κ2) is 15.4. The predicted molar refractivity (Wildman–Crippen MR) is 178 cm³/mol. The van der Waals surface area contributed by atoms with Crippen LogP contribution >= 0.6 is 0 Å². The van der Waals surface area contributed by atoms with E-state index in [2.05, 4.69) is 15.6 Å². The van der Waals surface area contributed by atoms with Gasteiger partial charge in [0.05, 0.1) is 22.9 Å². The fourth-order valence-electron chi connectivity index (χ4n) is 4.85. The van der Waals surface area contributed by atoms with Crippen molar-refractivity contribution in [3.8, 4) is 11.5 Å². The molecule has 0 bridgehead atoms. The van der Waals surface area contributed by atoms with Crippen LogP contribution in [-0.4, -0.2) is 54.5 Å². The number of aliphatic carboxylic acids is 1. The molecule has 1 saturated carbocycles. The summed E-state index contributed by atoms with van der Waals surface area (Å²) in [7, 11) is -3.43.